The molecule has 4 nitrogen and oxygen atoms in total. The quantitative estimate of drug-likeness (QED) is 0.589. The summed E-state index contributed by atoms with van der Waals surface area (Å²) in [6.45, 7) is 10.6. The van der Waals surface area contributed by atoms with Crippen molar-refractivity contribution in [2.24, 2.45) is 11.0 Å². The molecule has 1 aromatic heterocycles. The molecule has 24 heavy (non-hydrogen) atoms. The standard InChI is InChI=1S/C20H28N4/c1-6-8-19-12-15(4)21-20(22-19)24-23-16(5)18-10-7-9-17(13-18)11-14(2)3/h7,9-10,12-14H,6,8,11H2,1-5H3,(H,21,22,24). The number of hydrazone groups is 1. The van der Waals surface area contributed by atoms with Crippen LogP contribution in [0.3, 0.4) is 0 Å². The molecule has 128 valence electrons. The Labute approximate surface area is 145 Å². The highest BCUT2D eigenvalue weighted by molar-refractivity contribution is 5.99. The third kappa shape index (κ3) is 5.44. The molecule has 0 spiro atoms. The maximum atomic E-state index is 4.52. The van der Waals surface area contributed by atoms with E-state index in [1.165, 1.54) is 5.56 Å². The molecule has 0 atom stereocenters. The molecule has 2 aromatic rings. The summed E-state index contributed by atoms with van der Waals surface area (Å²) in [4.78, 5) is 8.93. The molecule has 0 radical (unpaired) electrons. The second-order valence-corrected chi connectivity index (χ2v) is 6.68. The lowest BCUT2D eigenvalue weighted by atomic mass is 10.00. The maximum absolute atomic E-state index is 4.52. The van der Waals surface area contributed by atoms with Gasteiger partial charge in [-0.2, -0.15) is 5.10 Å². The molecule has 2 rings (SSSR count). The third-order valence-electron chi connectivity index (χ3n) is 3.73. The van der Waals surface area contributed by atoms with Gasteiger partial charge in [-0.1, -0.05) is 45.4 Å². The fourth-order valence-corrected chi connectivity index (χ4v) is 2.66. The molecule has 0 unspecified atom stereocenters. The Kier molecular flexibility index (Phi) is 6.47. The molecule has 0 aliphatic carbocycles. The normalized spacial score (nSPS) is 11.8. The SMILES string of the molecule is CCCc1cc(C)nc(NN=C(C)c2cccc(CC(C)C)c2)n1. The van der Waals surface area contributed by atoms with Gasteiger partial charge in [-0.15, -0.1) is 0 Å². The molecule has 0 saturated heterocycles. The first kappa shape index (κ1) is 18.1. The van der Waals surface area contributed by atoms with E-state index in [9.17, 15) is 0 Å². The summed E-state index contributed by atoms with van der Waals surface area (Å²) in [7, 11) is 0. The summed E-state index contributed by atoms with van der Waals surface area (Å²) < 4.78 is 0. The second-order valence-electron chi connectivity index (χ2n) is 6.68. The number of aryl methyl sites for hydroxylation is 2. The zero-order valence-corrected chi connectivity index (χ0v) is 15.4. The van der Waals surface area contributed by atoms with Gasteiger partial charge in [0.2, 0.25) is 5.95 Å². The smallest absolute Gasteiger partial charge is 0.243 e. The van der Waals surface area contributed by atoms with Crippen molar-refractivity contribution in [3.8, 4) is 0 Å². The van der Waals surface area contributed by atoms with Gasteiger partial charge in [0.15, 0.2) is 0 Å². The second kappa shape index (κ2) is 8.57. The zero-order chi connectivity index (χ0) is 17.5. The van der Waals surface area contributed by atoms with Crippen LogP contribution in [0.4, 0.5) is 5.95 Å². The fourth-order valence-electron chi connectivity index (χ4n) is 2.66. The molecule has 4 heteroatoms. The van der Waals surface area contributed by atoms with Crippen molar-refractivity contribution >= 4 is 11.7 Å². The number of aromatic nitrogens is 2. The van der Waals surface area contributed by atoms with Gasteiger partial charge in [-0.25, -0.2) is 15.4 Å². The van der Waals surface area contributed by atoms with Crippen LogP contribution in [-0.2, 0) is 12.8 Å². The molecule has 0 aliphatic heterocycles. The monoisotopic (exact) mass is 324 g/mol. The van der Waals surface area contributed by atoms with Crippen LogP contribution in [0, 0.1) is 12.8 Å². The minimum absolute atomic E-state index is 0.566. The van der Waals surface area contributed by atoms with E-state index in [0.717, 1.165) is 41.9 Å². The molecule has 1 aromatic carbocycles. The summed E-state index contributed by atoms with van der Waals surface area (Å²) in [6.07, 6.45) is 3.11. The average molecular weight is 324 g/mol. The Morgan fingerprint density at radius 1 is 1.21 bits per heavy atom. The van der Waals surface area contributed by atoms with Gasteiger partial charge >= 0.3 is 0 Å². The Hall–Kier alpha value is -2.23. The van der Waals surface area contributed by atoms with E-state index in [-0.39, 0.29) is 0 Å². The Morgan fingerprint density at radius 3 is 2.71 bits per heavy atom. The predicted molar refractivity (Wildman–Crippen MR) is 102 cm³/mol. The topological polar surface area (TPSA) is 50.2 Å². The largest absolute Gasteiger partial charge is 0.245 e. The van der Waals surface area contributed by atoms with E-state index in [1.807, 2.05) is 19.9 Å². The van der Waals surface area contributed by atoms with E-state index in [1.54, 1.807) is 0 Å². The number of anilines is 1. The lowest BCUT2D eigenvalue weighted by Crippen LogP contribution is -2.05. The van der Waals surface area contributed by atoms with Crippen LogP contribution in [0.5, 0.6) is 0 Å². The van der Waals surface area contributed by atoms with Gasteiger partial charge in [0.25, 0.3) is 0 Å². The summed E-state index contributed by atoms with van der Waals surface area (Å²) in [5.74, 6) is 1.21. The molecule has 0 aliphatic rings. The van der Waals surface area contributed by atoms with E-state index in [0.29, 0.717) is 11.9 Å². The van der Waals surface area contributed by atoms with Crippen LogP contribution in [0.25, 0.3) is 0 Å². The minimum atomic E-state index is 0.566. The fraction of sp³-hybridized carbons (Fsp3) is 0.450. The molecule has 0 saturated carbocycles. The Bertz CT molecular complexity index is 705. The van der Waals surface area contributed by atoms with Crippen molar-refractivity contribution in [1.29, 1.82) is 0 Å². The predicted octanol–water partition coefficient (Wildman–Crippen LogP) is 4.77. The first-order valence-electron chi connectivity index (χ1n) is 8.72. The van der Waals surface area contributed by atoms with Crippen LogP contribution in [0.15, 0.2) is 35.4 Å². The van der Waals surface area contributed by atoms with Crippen LogP contribution in [0.2, 0.25) is 0 Å². The van der Waals surface area contributed by atoms with E-state index in [2.05, 4.69) is 65.5 Å². The number of rotatable bonds is 7. The highest BCUT2D eigenvalue weighted by atomic mass is 15.4. The van der Waals surface area contributed by atoms with Crippen molar-refractivity contribution in [2.45, 2.75) is 53.9 Å². The number of nitrogens with one attached hydrogen (secondary N) is 1. The molecular weight excluding hydrogens is 296 g/mol. The average Bonchev–Trinajstić information content (AvgIpc) is 2.52. The van der Waals surface area contributed by atoms with Crippen LogP contribution in [-0.4, -0.2) is 15.7 Å². The van der Waals surface area contributed by atoms with Gasteiger partial charge in [0.1, 0.15) is 0 Å². The maximum Gasteiger partial charge on any atom is 0.243 e. The van der Waals surface area contributed by atoms with Gasteiger partial charge in [-0.05, 0) is 55.9 Å². The first-order valence-corrected chi connectivity index (χ1v) is 8.72. The lowest BCUT2D eigenvalue weighted by molar-refractivity contribution is 0.647. The zero-order valence-electron chi connectivity index (χ0n) is 15.4. The Morgan fingerprint density at radius 2 is 2.00 bits per heavy atom. The highest BCUT2D eigenvalue weighted by Gasteiger charge is 2.04. The Balaban J connectivity index is 2.14. The van der Waals surface area contributed by atoms with Gasteiger partial charge in [-0.3, -0.25) is 0 Å². The first-order chi connectivity index (χ1) is 11.5. The summed E-state index contributed by atoms with van der Waals surface area (Å²) in [5, 5.41) is 4.47. The van der Waals surface area contributed by atoms with Gasteiger partial charge in [0, 0.05) is 11.4 Å². The molecule has 1 N–H and O–H groups in total. The number of hydrogen-bond donors (Lipinski definition) is 1. The molecule has 0 bridgehead atoms. The van der Waals surface area contributed by atoms with Crippen molar-refractivity contribution in [3.05, 3.63) is 52.8 Å². The van der Waals surface area contributed by atoms with Crippen LogP contribution < -0.4 is 5.43 Å². The number of hydrogen-bond acceptors (Lipinski definition) is 4. The number of nitrogens with zero attached hydrogens (tertiary/aromatic N) is 3. The molecular formula is C20H28N4. The summed E-state index contributed by atoms with van der Waals surface area (Å²) in [6, 6.07) is 10.6. The third-order valence-corrected chi connectivity index (χ3v) is 3.73. The van der Waals surface area contributed by atoms with Crippen LogP contribution >= 0.6 is 0 Å². The van der Waals surface area contributed by atoms with Gasteiger partial charge in [0.05, 0.1) is 5.71 Å². The van der Waals surface area contributed by atoms with Crippen molar-refractivity contribution in [1.82, 2.24) is 9.97 Å². The van der Waals surface area contributed by atoms with E-state index in [4.69, 9.17) is 0 Å². The number of benzene rings is 1. The molecule has 0 amide bonds. The summed E-state index contributed by atoms with van der Waals surface area (Å²) >= 11 is 0. The van der Waals surface area contributed by atoms with Crippen molar-refractivity contribution in [2.75, 3.05) is 5.43 Å². The van der Waals surface area contributed by atoms with Gasteiger partial charge < -0.3 is 0 Å². The highest BCUT2D eigenvalue weighted by Crippen LogP contribution is 2.12. The van der Waals surface area contributed by atoms with Crippen LogP contribution in [0.1, 0.15) is 56.6 Å². The van der Waals surface area contributed by atoms with Crippen molar-refractivity contribution < 1.29 is 0 Å². The molecule has 1 heterocycles. The van der Waals surface area contributed by atoms with E-state index < -0.39 is 0 Å². The van der Waals surface area contributed by atoms with E-state index >= 15 is 0 Å². The minimum Gasteiger partial charge on any atom is -0.245 e. The molecule has 0 fully saturated rings. The van der Waals surface area contributed by atoms with Crippen molar-refractivity contribution in [3.63, 3.8) is 0 Å². The lowest BCUT2D eigenvalue weighted by Gasteiger charge is -2.08. The summed E-state index contributed by atoms with van der Waals surface area (Å²) in [5.41, 5.74) is 8.43.